The van der Waals surface area contributed by atoms with Gasteiger partial charge < -0.3 is 9.64 Å². The summed E-state index contributed by atoms with van der Waals surface area (Å²) in [5.41, 5.74) is 1.11. The zero-order chi connectivity index (χ0) is 15.4. The molecule has 1 heterocycles. The van der Waals surface area contributed by atoms with Gasteiger partial charge in [0.15, 0.2) is 0 Å². The minimum atomic E-state index is -0.115. The Morgan fingerprint density at radius 1 is 1.29 bits per heavy atom. The van der Waals surface area contributed by atoms with Crippen LogP contribution in [0.15, 0.2) is 24.3 Å². The topological polar surface area (TPSA) is 41.6 Å². The van der Waals surface area contributed by atoms with Crippen LogP contribution in [0.25, 0.3) is 0 Å². The summed E-state index contributed by atoms with van der Waals surface area (Å²) < 4.78 is 5.19. The quantitative estimate of drug-likeness (QED) is 0.876. The van der Waals surface area contributed by atoms with Crippen LogP contribution >= 0.6 is 0 Å². The molecule has 1 amide bonds. The highest BCUT2D eigenvalue weighted by Gasteiger charge is 2.36. The fourth-order valence-electron chi connectivity index (χ4n) is 2.75. The summed E-state index contributed by atoms with van der Waals surface area (Å²) in [5, 5.41) is 3.38. The summed E-state index contributed by atoms with van der Waals surface area (Å²) in [6, 6.07) is 7.82. The Balaban J connectivity index is 2.09. The van der Waals surface area contributed by atoms with E-state index in [2.05, 4.69) is 19.2 Å². The average Bonchev–Trinajstić information content (AvgIpc) is 2.75. The molecule has 1 aliphatic heterocycles. The van der Waals surface area contributed by atoms with E-state index in [0.29, 0.717) is 5.92 Å². The lowest BCUT2D eigenvalue weighted by molar-refractivity contribution is -0.129. The maximum Gasteiger partial charge on any atom is 0.241 e. The van der Waals surface area contributed by atoms with Gasteiger partial charge >= 0.3 is 0 Å². The Labute approximate surface area is 127 Å². The lowest BCUT2D eigenvalue weighted by atomic mass is 10.1. The second-order valence-corrected chi connectivity index (χ2v) is 6.13. The summed E-state index contributed by atoms with van der Waals surface area (Å²) in [6.07, 6.45) is 2.17. The van der Waals surface area contributed by atoms with Crippen LogP contribution in [0.4, 0.5) is 0 Å². The lowest BCUT2D eigenvalue weighted by Crippen LogP contribution is -2.31. The van der Waals surface area contributed by atoms with Crippen molar-refractivity contribution in [3.05, 3.63) is 29.8 Å². The summed E-state index contributed by atoms with van der Waals surface area (Å²) in [5.74, 6) is 1.70. The van der Waals surface area contributed by atoms with E-state index in [0.717, 1.165) is 30.7 Å². The van der Waals surface area contributed by atoms with E-state index in [1.807, 2.05) is 36.1 Å². The van der Waals surface area contributed by atoms with Gasteiger partial charge in [-0.2, -0.15) is 0 Å². The number of ether oxygens (including phenoxy) is 1. The first-order valence-corrected chi connectivity index (χ1v) is 7.73. The molecule has 116 valence electrons. The van der Waals surface area contributed by atoms with Crippen LogP contribution in [0.3, 0.4) is 0 Å². The van der Waals surface area contributed by atoms with E-state index < -0.39 is 0 Å². The van der Waals surface area contributed by atoms with Crippen LogP contribution in [-0.2, 0) is 4.79 Å². The fourth-order valence-corrected chi connectivity index (χ4v) is 2.75. The number of carbonyl (C=O) groups excluding carboxylic acids is 1. The van der Waals surface area contributed by atoms with Gasteiger partial charge in [0, 0.05) is 6.54 Å². The van der Waals surface area contributed by atoms with Crippen LogP contribution in [0, 0.1) is 5.92 Å². The van der Waals surface area contributed by atoms with Gasteiger partial charge in [0.1, 0.15) is 11.9 Å². The number of benzene rings is 1. The summed E-state index contributed by atoms with van der Waals surface area (Å²) in [7, 11) is 1.66. The summed E-state index contributed by atoms with van der Waals surface area (Å²) in [6.45, 7) is 7.17. The maximum atomic E-state index is 12.3. The first kappa shape index (κ1) is 15.8. The Kier molecular flexibility index (Phi) is 5.23. The number of nitrogens with zero attached hydrogens (tertiary/aromatic N) is 1. The number of carbonyl (C=O) groups is 1. The van der Waals surface area contributed by atoms with Crippen molar-refractivity contribution in [3.8, 4) is 5.75 Å². The molecule has 0 bridgehead atoms. The average molecular weight is 290 g/mol. The molecule has 2 atom stereocenters. The highest BCUT2D eigenvalue weighted by Crippen LogP contribution is 2.27. The molecule has 0 radical (unpaired) electrons. The first-order chi connectivity index (χ1) is 10.0. The van der Waals surface area contributed by atoms with Crippen molar-refractivity contribution in [2.24, 2.45) is 5.92 Å². The number of hydrogen-bond donors (Lipinski definition) is 1. The normalized spacial score (nSPS) is 22.1. The van der Waals surface area contributed by atoms with E-state index in [4.69, 9.17) is 4.74 Å². The Morgan fingerprint density at radius 3 is 2.52 bits per heavy atom. The molecule has 0 spiro atoms. The summed E-state index contributed by atoms with van der Waals surface area (Å²) >= 11 is 0. The first-order valence-electron chi connectivity index (χ1n) is 7.73. The van der Waals surface area contributed by atoms with Crippen molar-refractivity contribution in [3.63, 3.8) is 0 Å². The number of rotatable bonds is 6. The third-order valence-corrected chi connectivity index (χ3v) is 3.99. The fraction of sp³-hybridized carbons (Fsp3) is 0.588. The van der Waals surface area contributed by atoms with Gasteiger partial charge in [0.25, 0.3) is 0 Å². The second kappa shape index (κ2) is 6.94. The molecule has 1 aromatic rings. The van der Waals surface area contributed by atoms with Crippen LogP contribution < -0.4 is 10.1 Å². The van der Waals surface area contributed by atoms with Crippen molar-refractivity contribution < 1.29 is 9.53 Å². The highest BCUT2D eigenvalue weighted by atomic mass is 16.5. The Hall–Kier alpha value is -1.55. The molecule has 1 aromatic carbocycles. The SMILES string of the molecule is COc1ccc(C2NC(C)C(=O)N2CCCC(C)C)cc1. The van der Waals surface area contributed by atoms with E-state index >= 15 is 0 Å². The van der Waals surface area contributed by atoms with Crippen molar-refractivity contribution in [1.29, 1.82) is 0 Å². The number of hydrogen-bond acceptors (Lipinski definition) is 3. The maximum absolute atomic E-state index is 12.3. The zero-order valence-electron chi connectivity index (χ0n) is 13.4. The Bertz CT molecular complexity index is 470. The molecule has 0 aliphatic carbocycles. The van der Waals surface area contributed by atoms with Gasteiger partial charge in [-0.05, 0) is 43.4 Å². The largest absolute Gasteiger partial charge is 0.497 e. The van der Waals surface area contributed by atoms with Gasteiger partial charge in [0.2, 0.25) is 5.91 Å². The molecule has 21 heavy (non-hydrogen) atoms. The monoisotopic (exact) mass is 290 g/mol. The minimum Gasteiger partial charge on any atom is -0.497 e. The molecule has 2 unspecified atom stereocenters. The molecule has 0 saturated carbocycles. The highest BCUT2D eigenvalue weighted by molar-refractivity contribution is 5.84. The predicted octanol–water partition coefficient (Wildman–Crippen LogP) is 2.95. The van der Waals surface area contributed by atoms with E-state index in [-0.39, 0.29) is 18.1 Å². The van der Waals surface area contributed by atoms with Crippen molar-refractivity contribution >= 4 is 5.91 Å². The Morgan fingerprint density at radius 2 is 1.95 bits per heavy atom. The molecular formula is C17H26N2O2. The molecule has 1 aliphatic rings. The zero-order valence-corrected chi connectivity index (χ0v) is 13.4. The van der Waals surface area contributed by atoms with Crippen molar-refractivity contribution in [2.45, 2.75) is 45.8 Å². The van der Waals surface area contributed by atoms with Gasteiger partial charge in [-0.25, -0.2) is 0 Å². The predicted molar refractivity (Wildman–Crippen MR) is 84.1 cm³/mol. The van der Waals surface area contributed by atoms with Crippen molar-refractivity contribution in [2.75, 3.05) is 13.7 Å². The third-order valence-electron chi connectivity index (χ3n) is 3.99. The van der Waals surface area contributed by atoms with E-state index in [1.54, 1.807) is 7.11 Å². The van der Waals surface area contributed by atoms with E-state index in [9.17, 15) is 4.79 Å². The van der Waals surface area contributed by atoms with Gasteiger partial charge in [-0.1, -0.05) is 26.0 Å². The molecule has 1 saturated heterocycles. The van der Waals surface area contributed by atoms with Gasteiger partial charge in [-0.15, -0.1) is 0 Å². The number of methoxy groups -OCH3 is 1. The number of nitrogens with one attached hydrogen (secondary N) is 1. The lowest BCUT2D eigenvalue weighted by Gasteiger charge is -2.25. The van der Waals surface area contributed by atoms with Crippen molar-refractivity contribution in [1.82, 2.24) is 10.2 Å². The molecule has 2 rings (SSSR count). The summed E-state index contributed by atoms with van der Waals surface area (Å²) in [4.78, 5) is 14.3. The van der Waals surface area contributed by atoms with Gasteiger partial charge in [0.05, 0.1) is 13.2 Å². The third kappa shape index (κ3) is 3.76. The van der Waals surface area contributed by atoms with Crippen LogP contribution in [0.5, 0.6) is 5.75 Å². The second-order valence-electron chi connectivity index (χ2n) is 6.13. The van der Waals surface area contributed by atoms with Crippen LogP contribution in [0.1, 0.15) is 45.3 Å². The molecule has 1 N–H and O–H groups in total. The molecule has 4 heteroatoms. The standard InChI is InChI=1S/C17H26N2O2/c1-12(2)6-5-11-19-16(18-13(3)17(19)20)14-7-9-15(21-4)10-8-14/h7-10,12-13,16,18H,5-6,11H2,1-4H3. The molecular weight excluding hydrogens is 264 g/mol. The van der Waals surface area contributed by atoms with Crippen LogP contribution in [0.2, 0.25) is 0 Å². The number of amides is 1. The molecule has 1 fully saturated rings. The minimum absolute atomic E-state index is 0.0226. The van der Waals surface area contributed by atoms with Gasteiger partial charge in [-0.3, -0.25) is 10.1 Å². The van der Waals surface area contributed by atoms with Crippen LogP contribution in [-0.4, -0.2) is 30.5 Å². The van der Waals surface area contributed by atoms with E-state index in [1.165, 1.54) is 0 Å². The smallest absolute Gasteiger partial charge is 0.241 e. The molecule has 4 nitrogen and oxygen atoms in total. The molecule has 0 aromatic heterocycles.